The Morgan fingerprint density at radius 2 is 1.57 bits per heavy atom. The lowest BCUT2D eigenvalue weighted by atomic mass is 9.77. The predicted molar refractivity (Wildman–Crippen MR) is 112 cm³/mol. The van der Waals surface area contributed by atoms with Crippen LogP contribution < -0.4 is 0 Å². The fourth-order valence-corrected chi connectivity index (χ4v) is 3.47. The summed E-state index contributed by atoms with van der Waals surface area (Å²) in [6, 6.07) is 22.8. The fraction of sp³-hybridized carbons (Fsp3) is 0.120. The smallest absolute Gasteiger partial charge is 0.333 e. The molecular formula is C25H22O3. The van der Waals surface area contributed by atoms with Crippen LogP contribution in [0.25, 0.3) is 10.8 Å². The minimum atomic E-state index is -0.643. The topological polar surface area (TPSA) is 43.4 Å². The molecule has 0 aliphatic rings. The van der Waals surface area contributed by atoms with Gasteiger partial charge in [-0.3, -0.25) is 4.79 Å². The summed E-state index contributed by atoms with van der Waals surface area (Å²) >= 11 is 0. The molecule has 0 bridgehead atoms. The van der Waals surface area contributed by atoms with Gasteiger partial charge in [0, 0.05) is 17.1 Å². The number of hydrogen-bond donors (Lipinski definition) is 0. The molecule has 0 aliphatic carbocycles. The minimum absolute atomic E-state index is 0.112. The summed E-state index contributed by atoms with van der Waals surface area (Å²) in [6.45, 7) is 7.82. The van der Waals surface area contributed by atoms with Crippen LogP contribution >= 0.6 is 0 Å². The van der Waals surface area contributed by atoms with Gasteiger partial charge in [0.25, 0.3) is 0 Å². The van der Waals surface area contributed by atoms with E-state index in [0.717, 1.165) is 16.3 Å². The number of allylic oxidation sites excluding steroid dienone is 1. The Kier molecular flexibility index (Phi) is 5.85. The number of esters is 1. The largest absolute Gasteiger partial charge is 0.466 e. The Balaban J connectivity index is 2.11. The molecular weight excluding hydrogens is 348 g/mol. The number of ether oxygens (including phenoxy) is 1. The first kappa shape index (κ1) is 19.3. The molecule has 0 N–H and O–H groups in total. The van der Waals surface area contributed by atoms with Crippen LogP contribution in [0.5, 0.6) is 0 Å². The maximum absolute atomic E-state index is 13.2. The highest BCUT2D eigenvalue weighted by Gasteiger charge is 2.33. The molecule has 3 aromatic carbocycles. The molecule has 3 heteroatoms. The van der Waals surface area contributed by atoms with Gasteiger partial charge in [0.2, 0.25) is 0 Å². The molecule has 0 heterocycles. The fourth-order valence-electron chi connectivity index (χ4n) is 3.47. The van der Waals surface area contributed by atoms with Crippen molar-refractivity contribution in [3.05, 3.63) is 109 Å². The standard InChI is InChI=1S/C25H22O3/c1-4-22(24(26)19-11-6-5-7-12-19)23(17(2)25(27)28-3)21-15-14-18-10-8-9-13-20(18)16-21/h4-16,22-23H,1-2H2,3H3. The molecule has 0 aliphatic heterocycles. The van der Waals surface area contributed by atoms with Gasteiger partial charge in [-0.15, -0.1) is 6.58 Å². The second kappa shape index (κ2) is 8.49. The van der Waals surface area contributed by atoms with Gasteiger partial charge in [-0.2, -0.15) is 0 Å². The average molecular weight is 370 g/mol. The summed E-state index contributed by atoms with van der Waals surface area (Å²) < 4.78 is 4.90. The van der Waals surface area contributed by atoms with Crippen molar-refractivity contribution in [2.75, 3.05) is 7.11 Å². The van der Waals surface area contributed by atoms with Crippen molar-refractivity contribution in [1.29, 1.82) is 0 Å². The van der Waals surface area contributed by atoms with Crippen LogP contribution in [0.1, 0.15) is 21.8 Å². The second-order valence-corrected chi connectivity index (χ2v) is 6.59. The van der Waals surface area contributed by atoms with E-state index < -0.39 is 17.8 Å². The molecule has 0 fully saturated rings. The zero-order valence-corrected chi connectivity index (χ0v) is 15.8. The summed E-state index contributed by atoms with van der Waals surface area (Å²) in [5, 5.41) is 2.11. The van der Waals surface area contributed by atoms with Crippen molar-refractivity contribution in [3.63, 3.8) is 0 Å². The minimum Gasteiger partial charge on any atom is -0.466 e. The molecule has 140 valence electrons. The summed E-state index contributed by atoms with van der Waals surface area (Å²) in [6.07, 6.45) is 1.59. The third-order valence-electron chi connectivity index (χ3n) is 4.93. The Bertz CT molecular complexity index is 1030. The quantitative estimate of drug-likeness (QED) is 0.244. The summed E-state index contributed by atoms with van der Waals surface area (Å²) in [5.74, 6) is -1.86. The van der Waals surface area contributed by atoms with Crippen molar-refractivity contribution in [1.82, 2.24) is 0 Å². The Morgan fingerprint density at radius 1 is 0.929 bits per heavy atom. The Labute approximate surface area is 165 Å². The molecule has 0 spiro atoms. The number of rotatable bonds is 7. The van der Waals surface area contributed by atoms with Crippen LogP contribution in [0.2, 0.25) is 0 Å². The lowest BCUT2D eigenvalue weighted by molar-refractivity contribution is -0.136. The average Bonchev–Trinajstić information content (AvgIpc) is 2.76. The van der Waals surface area contributed by atoms with Gasteiger partial charge in [-0.05, 0) is 16.3 Å². The molecule has 3 aromatic rings. The van der Waals surface area contributed by atoms with Crippen molar-refractivity contribution >= 4 is 22.5 Å². The number of benzene rings is 3. The number of ketones is 1. The predicted octanol–water partition coefficient (Wildman–Crippen LogP) is 5.34. The highest BCUT2D eigenvalue weighted by atomic mass is 16.5. The Hall–Kier alpha value is -3.46. The van der Waals surface area contributed by atoms with Gasteiger partial charge in [0.05, 0.1) is 13.0 Å². The molecule has 2 unspecified atom stereocenters. The van der Waals surface area contributed by atoms with E-state index in [1.807, 2.05) is 60.7 Å². The molecule has 0 aromatic heterocycles. The highest BCUT2D eigenvalue weighted by Crippen LogP contribution is 2.36. The molecule has 2 atom stereocenters. The van der Waals surface area contributed by atoms with E-state index in [9.17, 15) is 9.59 Å². The monoisotopic (exact) mass is 370 g/mol. The van der Waals surface area contributed by atoms with Crippen LogP contribution in [0.15, 0.2) is 97.6 Å². The number of methoxy groups -OCH3 is 1. The number of carbonyl (C=O) groups excluding carboxylic acids is 2. The van der Waals surface area contributed by atoms with Gasteiger partial charge in [-0.1, -0.05) is 85.5 Å². The Morgan fingerprint density at radius 3 is 2.21 bits per heavy atom. The number of hydrogen-bond acceptors (Lipinski definition) is 3. The first-order valence-corrected chi connectivity index (χ1v) is 9.04. The second-order valence-electron chi connectivity index (χ2n) is 6.59. The summed E-state index contributed by atoms with van der Waals surface area (Å²) in [5.41, 5.74) is 1.62. The normalized spacial score (nSPS) is 12.8. The van der Waals surface area contributed by atoms with Gasteiger partial charge >= 0.3 is 5.97 Å². The lowest BCUT2D eigenvalue weighted by Gasteiger charge is -2.25. The van der Waals surface area contributed by atoms with Gasteiger partial charge in [0.1, 0.15) is 0 Å². The molecule has 28 heavy (non-hydrogen) atoms. The van der Waals surface area contributed by atoms with E-state index in [1.54, 1.807) is 18.2 Å². The molecule has 3 rings (SSSR count). The van der Waals surface area contributed by atoms with Crippen molar-refractivity contribution in [2.24, 2.45) is 5.92 Å². The van der Waals surface area contributed by atoms with E-state index in [2.05, 4.69) is 13.2 Å². The summed E-state index contributed by atoms with van der Waals surface area (Å²) in [7, 11) is 1.31. The molecule has 0 radical (unpaired) electrons. The van der Waals surface area contributed by atoms with E-state index >= 15 is 0 Å². The van der Waals surface area contributed by atoms with E-state index in [4.69, 9.17) is 4.74 Å². The molecule has 0 saturated carbocycles. The van der Waals surface area contributed by atoms with Crippen LogP contribution in [-0.2, 0) is 9.53 Å². The van der Waals surface area contributed by atoms with Crippen molar-refractivity contribution in [3.8, 4) is 0 Å². The first-order chi connectivity index (χ1) is 13.6. The van der Waals surface area contributed by atoms with Gasteiger partial charge in [-0.25, -0.2) is 4.79 Å². The third kappa shape index (κ3) is 3.79. The SMILES string of the molecule is C=CC(C(=O)c1ccccc1)C(C(=C)C(=O)OC)c1ccc2ccccc2c1. The molecule has 0 saturated heterocycles. The van der Waals surface area contributed by atoms with Crippen LogP contribution in [0, 0.1) is 5.92 Å². The van der Waals surface area contributed by atoms with Crippen molar-refractivity contribution < 1.29 is 14.3 Å². The number of fused-ring (bicyclic) bond motifs is 1. The van der Waals surface area contributed by atoms with Crippen LogP contribution in [-0.4, -0.2) is 18.9 Å². The van der Waals surface area contributed by atoms with Gasteiger partial charge in [0.15, 0.2) is 5.78 Å². The molecule has 0 amide bonds. The highest BCUT2D eigenvalue weighted by molar-refractivity contribution is 6.01. The zero-order chi connectivity index (χ0) is 20.1. The van der Waals surface area contributed by atoms with Crippen LogP contribution in [0.4, 0.5) is 0 Å². The maximum atomic E-state index is 13.2. The maximum Gasteiger partial charge on any atom is 0.333 e. The van der Waals surface area contributed by atoms with Gasteiger partial charge < -0.3 is 4.74 Å². The van der Waals surface area contributed by atoms with E-state index in [0.29, 0.717) is 5.56 Å². The van der Waals surface area contributed by atoms with Crippen molar-refractivity contribution in [2.45, 2.75) is 5.92 Å². The van der Waals surface area contributed by atoms with Crippen LogP contribution in [0.3, 0.4) is 0 Å². The van der Waals surface area contributed by atoms with E-state index in [-0.39, 0.29) is 11.4 Å². The molecule has 3 nitrogen and oxygen atoms in total. The first-order valence-electron chi connectivity index (χ1n) is 9.04. The third-order valence-corrected chi connectivity index (χ3v) is 4.93. The number of carbonyl (C=O) groups is 2. The lowest BCUT2D eigenvalue weighted by Crippen LogP contribution is -2.25. The summed E-state index contributed by atoms with van der Waals surface area (Å²) in [4.78, 5) is 25.5. The zero-order valence-electron chi connectivity index (χ0n) is 15.8. The number of Topliss-reactive ketones (excluding diaryl/α,β-unsaturated/α-hetero) is 1. The van der Waals surface area contributed by atoms with E-state index in [1.165, 1.54) is 7.11 Å².